The van der Waals surface area contributed by atoms with Gasteiger partial charge in [0.2, 0.25) is 6.23 Å². The van der Waals surface area contributed by atoms with Gasteiger partial charge in [0.1, 0.15) is 0 Å². The highest BCUT2D eigenvalue weighted by molar-refractivity contribution is 6.13. The number of ether oxygens (including phenoxy) is 1. The number of urea groups is 1. The second-order valence-electron chi connectivity index (χ2n) is 4.20. The highest BCUT2D eigenvalue weighted by atomic mass is 19.1. The van der Waals surface area contributed by atoms with Gasteiger partial charge in [0, 0.05) is 6.20 Å². The molecular formula is C11H16FN3O5. The van der Waals surface area contributed by atoms with Crippen LogP contribution < -0.4 is 16.1 Å². The Labute approximate surface area is 114 Å². The van der Waals surface area contributed by atoms with Crippen molar-refractivity contribution >= 4 is 17.9 Å². The number of carbonyl (C=O) groups excluding carboxylic acids is 3. The summed E-state index contributed by atoms with van der Waals surface area (Å²) in [7, 11) is 0. The zero-order valence-corrected chi connectivity index (χ0v) is 11.3. The van der Waals surface area contributed by atoms with Gasteiger partial charge in [-0.1, -0.05) is 5.57 Å². The number of esters is 1. The molecule has 3 N–H and O–H groups in total. The molecule has 1 rings (SSSR count). The van der Waals surface area contributed by atoms with Crippen molar-refractivity contribution in [3.8, 4) is 0 Å². The number of nitrogens with one attached hydrogen (secondary N) is 3. The van der Waals surface area contributed by atoms with Gasteiger partial charge in [0.05, 0.1) is 6.61 Å². The van der Waals surface area contributed by atoms with E-state index in [4.69, 9.17) is 4.84 Å². The second kappa shape index (κ2) is 6.33. The van der Waals surface area contributed by atoms with Crippen LogP contribution >= 0.6 is 0 Å². The van der Waals surface area contributed by atoms with Gasteiger partial charge >= 0.3 is 17.7 Å². The fraction of sp³-hybridized carbons (Fsp3) is 0.545. The summed E-state index contributed by atoms with van der Waals surface area (Å²) in [6.07, 6.45) is -0.483. The van der Waals surface area contributed by atoms with Gasteiger partial charge in [-0.3, -0.25) is 15.6 Å². The fourth-order valence-electron chi connectivity index (χ4n) is 1.33. The third-order valence-corrected chi connectivity index (χ3v) is 2.29. The van der Waals surface area contributed by atoms with E-state index in [0.29, 0.717) is 0 Å². The van der Waals surface area contributed by atoms with E-state index < -0.39 is 29.8 Å². The Morgan fingerprint density at radius 2 is 2.15 bits per heavy atom. The number of hydroxylamine groups is 1. The number of allylic oxidation sites excluding steroid dienone is 1. The molecule has 0 aromatic rings. The first-order valence-electron chi connectivity index (χ1n) is 5.85. The van der Waals surface area contributed by atoms with Crippen LogP contribution in [0.25, 0.3) is 0 Å². The van der Waals surface area contributed by atoms with Crippen LogP contribution in [0.5, 0.6) is 0 Å². The number of halogens is 1. The highest BCUT2D eigenvalue weighted by Crippen LogP contribution is 2.22. The quantitative estimate of drug-likeness (QED) is 0.370. The van der Waals surface area contributed by atoms with Crippen LogP contribution in [0.2, 0.25) is 0 Å². The molecule has 2 atom stereocenters. The van der Waals surface area contributed by atoms with Gasteiger partial charge in [-0.15, -0.1) is 0 Å². The van der Waals surface area contributed by atoms with E-state index in [1.54, 1.807) is 19.2 Å². The summed E-state index contributed by atoms with van der Waals surface area (Å²) in [5.74, 6) is -2.88. The topological polar surface area (TPSA) is 106 Å². The average molecular weight is 289 g/mol. The van der Waals surface area contributed by atoms with Crippen LogP contribution in [0.1, 0.15) is 20.8 Å². The van der Waals surface area contributed by atoms with E-state index >= 15 is 0 Å². The van der Waals surface area contributed by atoms with Gasteiger partial charge in [-0.05, 0) is 20.8 Å². The molecule has 8 nitrogen and oxygen atoms in total. The number of alkyl halides is 1. The monoisotopic (exact) mass is 289 g/mol. The van der Waals surface area contributed by atoms with E-state index in [2.05, 4.69) is 10.2 Å². The molecule has 1 aliphatic rings. The summed E-state index contributed by atoms with van der Waals surface area (Å²) in [6, 6.07) is -0.975. The van der Waals surface area contributed by atoms with E-state index in [0.717, 1.165) is 5.57 Å². The number of imide groups is 1. The van der Waals surface area contributed by atoms with Crippen molar-refractivity contribution in [2.75, 3.05) is 6.61 Å². The molecule has 20 heavy (non-hydrogen) atoms. The van der Waals surface area contributed by atoms with Crippen molar-refractivity contribution in [1.29, 1.82) is 0 Å². The standard InChI is InChI=1S/C11H16FN3O5/c1-4-19-9(17)11(12)7(16)14-10(18)15-8(11)20-13-5-6(2)3/h5,8,13H,4H2,1-3H3,(H2,14,15,16,18). The molecule has 0 aromatic carbocycles. The van der Waals surface area contributed by atoms with Crippen LogP contribution in [0.15, 0.2) is 11.8 Å². The molecular weight excluding hydrogens is 273 g/mol. The molecule has 0 spiro atoms. The molecule has 9 heteroatoms. The smallest absolute Gasteiger partial charge is 0.358 e. The van der Waals surface area contributed by atoms with Crippen LogP contribution in [0.4, 0.5) is 9.18 Å². The molecule has 1 heterocycles. The normalized spacial score (nSPS) is 25.3. The predicted molar refractivity (Wildman–Crippen MR) is 64.6 cm³/mol. The van der Waals surface area contributed by atoms with E-state index in [-0.39, 0.29) is 6.61 Å². The van der Waals surface area contributed by atoms with E-state index in [9.17, 15) is 18.8 Å². The van der Waals surface area contributed by atoms with Crippen molar-refractivity contribution < 1.29 is 28.3 Å². The maximum atomic E-state index is 14.6. The summed E-state index contributed by atoms with van der Waals surface area (Å²) in [4.78, 5) is 39.2. The molecule has 0 aromatic heterocycles. The molecule has 0 aliphatic carbocycles. The maximum absolute atomic E-state index is 14.6. The third-order valence-electron chi connectivity index (χ3n) is 2.29. The first kappa shape index (κ1) is 15.9. The van der Waals surface area contributed by atoms with Crippen molar-refractivity contribution in [2.45, 2.75) is 32.7 Å². The summed E-state index contributed by atoms with van der Waals surface area (Å²) in [5.41, 5.74) is -0.142. The van der Waals surface area contributed by atoms with Gasteiger partial charge in [-0.2, -0.15) is 0 Å². The summed E-state index contributed by atoms with van der Waals surface area (Å²) < 4.78 is 19.1. The minimum atomic E-state index is -3.17. The van der Waals surface area contributed by atoms with E-state index in [1.807, 2.05) is 5.32 Å². The van der Waals surface area contributed by atoms with E-state index in [1.165, 1.54) is 13.1 Å². The summed E-state index contributed by atoms with van der Waals surface area (Å²) in [5, 5.41) is 3.64. The second-order valence-corrected chi connectivity index (χ2v) is 4.20. The molecule has 3 amide bonds. The molecule has 2 unspecified atom stereocenters. The van der Waals surface area contributed by atoms with Crippen LogP contribution in [0, 0.1) is 0 Å². The first-order chi connectivity index (χ1) is 9.32. The highest BCUT2D eigenvalue weighted by Gasteiger charge is 2.60. The molecule has 1 saturated heterocycles. The number of hydrogen-bond acceptors (Lipinski definition) is 6. The Hall–Kier alpha value is -2.16. The number of amides is 3. The first-order valence-corrected chi connectivity index (χ1v) is 5.85. The van der Waals surface area contributed by atoms with Crippen molar-refractivity contribution in [3.05, 3.63) is 11.8 Å². The average Bonchev–Trinajstić information content (AvgIpc) is 2.34. The Morgan fingerprint density at radius 3 is 2.70 bits per heavy atom. The molecule has 0 bridgehead atoms. The Morgan fingerprint density at radius 1 is 1.50 bits per heavy atom. The Balaban J connectivity index is 2.94. The lowest BCUT2D eigenvalue weighted by molar-refractivity contribution is -0.183. The SMILES string of the molecule is CCOC(=O)C1(F)C(=O)NC(=O)NC1ONC=C(C)C. The van der Waals surface area contributed by atoms with Gasteiger partial charge in [0.25, 0.3) is 5.91 Å². The van der Waals surface area contributed by atoms with Gasteiger partial charge in [0.15, 0.2) is 0 Å². The predicted octanol–water partition coefficient (Wildman–Crippen LogP) is -0.132. The van der Waals surface area contributed by atoms with Crippen molar-refractivity contribution in [3.63, 3.8) is 0 Å². The molecule has 112 valence electrons. The summed E-state index contributed by atoms with van der Waals surface area (Å²) in [6.45, 7) is 4.80. The molecule has 0 saturated carbocycles. The minimum absolute atomic E-state index is 0.125. The zero-order chi connectivity index (χ0) is 15.3. The number of carbonyl (C=O) groups is 3. The Kier molecular flexibility index (Phi) is 5.03. The van der Waals surface area contributed by atoms with Crippen molar-refractivity contribution in [2.24, 2.45) is 0 Å². The lowest BCUT2D eigenvalue weighted by Crippen LogP contribution is -2.71. The van der Waals surface area contributed by atoms with Crippen LogP contribution in [-0.4, -0.2) is 36.4 Å². The van der Waals surface area contributed by atoms with Crippen LogP contribution in [-0.2, 0) is 19.2 Å². The van der Waals surface area contributed by atoms with Crippen LogP contribution in [0.3, 0.4) is 0 Å². The number of rotatable bonds is 5. The Bertz CT molecular complexity index is 449. The maximum Gasteiger partial charge on any atom is 0.358 e. The van der Waals surface area contributed by atoms with Gasteiger partial charge < -0.3 is 10.1 Å². The molecule has 1 aliphatic heterocycles. The van der Waals surface area contributed by atoms with Gasteiger partial charge in [-0.25, -0.2) is 18.8 Å². The summed E-state index contributed by atoms with van der Waals surface area (Å²) >= 11 is 0. The lowest BCUT2D eigenvalue weighted by Gasteiger charge is -2.33. The third kappa shape index (κ3) is 3.23. The number of hydrogen-bond donors (Lipinski definition) is 3. The van der Waals surface area contributed by atoms with Crippen molar-refractivity contribution in [1.82, 2.24) is 16.1 Å². The minimum Gasteiger partial charge on any atom is -0.463 e. The molecule has 1 fully saturated rings. The fourth-order valence-corrected chi connectivity index (χ4v) is 1.33. The largest absolute Gasteiger partial charge is 0.463 e. The lowest BCUT2D eigenvalue weighted by atomic mass is 10.0. The zero-order valence-electron chi connectivity index (χ0n) is 11.3. The molecule has 0 radical (unpaired) electrons.